The predicted molar refractivity (Wildman–Crippen MR) is 61.8 cm³/mol. The van der Waals surface area contributed by atoms with Crippen LogP contribution in [0.25, 0.3) is 0 Å². The highest BCUT2D eigenvalue weighted by Gasteiger charge is 2.42. The Morgan fingerprint density at radius 2 is 2.12 bits per heavy atom. The number of aliphatic hydroxyl groups excluding tert-OH is 1. The highest BCUT2D eigenvalue weighted by atomic mass is 32.2. The number of sulfonamides is 1. The third kappa shape index (κ3) is 5.01. The standard InChI is InChI=1S/C10H19NO5S/c1-2-16-9(13)3-6-17(14,15)11-7-10(8-12)4-5-10/h11-12H,2-8H2,1H3. The molecule has 0 spiro atoms. The Labute approximate surface area is 101 Å². The van der Waals surface area contributed by atoms with E-state index in [1.54, 1.807) is 6.92 Å². The van der Waals surface area contributed by atoms with Crippen molar-refractivity contribution in [3.63, 3.8) is 0 Å². The molecule has 0 aromatic heterocycles. The topological polar surface area (TPSA) is 92.7 Å². The third-order valence-corrected chi connectivity index (χ3v) is 4.17. The van der Waals surface area contributed by atoms with Gasteiger partial charge in [-0.15, -0.1) is 0 Å². The van der Waals surface area contributed by atoms with Crippen LogP contribution in [0, 0.1) is 5.41 Å². The minimum absolute atomic E-state index is 0.00655. The molecular weight excluding hydrogens is 246 g/mol. The van der Waals surface area contributed by atoms with Crippen LogP contribution >= 0.6 is 0 Å². The van der Waals surface area contributed by atoms with E-state index in [-0.39, 0.29) is 37.3 Å². The molecule has 0 atom stereocenters. The Morgan fingerprint density at radius 1 is 1.47 bits per heavy atom. The van der Waals surface area contributed by atoms with Crippen molar-refractivity contribution in [3.05, 3.63) is 0 Å². The summed E-state index contributed by atoms with van der Waals surface area (Å²) in [7, 11) is -3.46. The fourth-order valence-electron chi connectivity index (χ4n) is 1.35. The summed E-state index contributed by atoms with van der Waals surface area (Å²) in [5.74, 6) is -0.783. The third-order valence-electron chi connectivity index (χ3n) is 2.84. The molecule has 1 fully saturated rings. The minimum Gasteiger partial charge on any atom is -0.466 e. The van der Waals surface area contributed by atoms with Crippen LogP contribution in [-0.2, 0) is 19.6 Å². The number of rotatable bonds is 8. The van der Waals surface area contributed by atoms with Gasteiger partial charge in [0.15, 0.2) is 0 Å². The van der Waals surface area contributed by atoms with Gasteiger partial charge in [0.05, 0.1) is 18.8 Å². The van der Waals surface area contributed by atoms with Crippen LogP contribution in [0.2, 0.25) is 0 Å². The highest BCUT2D eigenvalue weighted by Crippen LogP contribution is 2.44. The van der Waals surface area contributed by atoms with E-state index in [1.165, 1.54) is 0 Å². The molecule has 0 unspecified atom stereocenters. The van der Waals surface area contributed by atoms with Crippen LogP contribution in [0.1, 0.15) is 26.2 Å². The summed E-state index contributed by atoms with van der Waals surface area (Å²) in [5.41, 5.74) is -0.267. The number of esters is 1. The van der Waals surface area contributed by atoms with E-state index >= 15 is 0 Å². The van der Waals surface area contributed by atoms with E-state index < -0.39 is 16.0 Å². The number of aliphatic hydroxyl groups is 1. The molecule has 1 saturated carbocycles. The number of hydrogen-bond acceptors (Lipinski definition) is 5. The molecule has 0 amide bonds. The van der Waals surface area contributed by atoms with Crippen molar-refractivity contribution < 1.29 is 23.1 Å². The molecule has 0 bridgehead atoms. The molecule has 17 heavy (non-hydrogen) atoms. The maximum atomic E-state index is 11.5. The molecule has 0 aromatic carbocycles. The van der Waals surface area contributed by atoms with E-state index in [9.17, 15) is 13.2 Å². The summed E-state index contributed by atoms with van der Waals surface area (Å²) in [4.78, 5) is 11.0. The van der Waals surface area contributed by atoms with Crippen molar-refractivity contribution in [1.82, 2.24) is 4.72 Å². The lowest BCUT2D eigenvalue weighted by Gasteiger charge is -2.12. The largest absolute Gasteiger partial charge is 0.466 e. The number of carbonyl (C=O) groups excluding carboxylic acids is 1. The van der Waals surface area contributed by atoms with Crippen molar-refractivity contribution >= 4 is 16.0 Å². The van der Waals surface area contributed by atoms with E-state index in [1.807, 2.05) is 0 Å². The second-order valence-corrected chi connectivity index (χ2v) is 6.28. The maximum Gasteiger partial charge on any atom is 0.306 e. The Balaban J connectivity index is 2.29. The van der Waals surface area contributed by atoms with Crippen LogP contribution < -0.4 is 4.72 Å². The first-order valence-electron chi connectivity index (χ1n) is 5.67. The lowest BCUT2D eigenvalue weighted by molar-refractivity contribution is -0.142. The Bertz CT molecular complexity index is 361. The van der Waals surface area contributed by atoms with Crippen molar-refractivity contribution in [2.24, 2.45) is 5.41 Å². The molecule has 1 aliphatic rings. The van der Waals surface area contributed by atoms with Crippen LogP contribution in [0.4, 0.5) is 0 Å². The second kappa shape index (κ2) is 5.79. The first-order chi connectivity index (χ1) is 7.93. The Kier molecular flexibility index (Phi) is 4.91. The summed E-state index contributed by atoms with van der Waals surface area (Å²) in [6, 6.07) is 0. The summed E-state index contributed by atoms with van der Waals surface area (Å²) in [6.45, 7) is 2.16. The zero-order valence-electron chi connectivity index (χ0n) is 9.94. The lowest BCUT2D eigenvalue weighted by atomic mass is 10.1. The normalized spacial score (nSPS) is 17.8. The number of carbonyl (C=O) groups is 1. The molecule has 2 N–H and O–H groups in total. The van der Waals surface area contributed by atoms with E-state index in [4.69, 9.17) is 5.11 Å². The fraction of sp³-hybridized carbons (Fsp3) is 0.900. The van der Waals surface area contributed by atoms with Gasteiger partial charge in [0.25, 0.3) is 0 Å². The van der Waals surface area contributed by atoms with Gasteiger partial charge in [-0.05, 0) is 19.8 Å². The SMILES string of the molecule is CCOC(=O)CCS(=O)(=O)NCC1(CO)CC1. The van der Waals surface area contributed by atoms with E-state index in [2.05, 4.69) is 9.46 Å². The zero-order valence-corrected chi connectivity index (χ0v) is 10.8. The summed E-state index contributed by atoms with van der Waals surface area (Å²) in [5, 5.41) is 9.03. The van der Waals surface area contributed by atoms with Crippen molar-refractivity contribution in [3.8, 4) is 0 Å². The fourth-order valence-corrected chi connectivity index (χ4v) is 2.46. The maximum absolute atomic E-state index is 11.5. The molecule has 1 rings (SSSR count). The average molecular weight is 265 g/mol. The van der Waals surface area contributed by atoms with Crippen LogP contribution in [0.5, 0.6) is 0 Å². The Morgan fingerprint density at radius 3 is 2.59 bits per heavy atom. The van der Waals surface area contributed by atoms with Gasteiger partial charge >= 0.3 is 5.97 Å². The zero-order chi connectivity index (χ0) is 12.9. The minimum atomic E-state index is -3.46. The summed E-state index contributed by atoms with van der Waals surface area (Å²) < 4.78 is 30.1. The molecule has 0 aromatic rings. The van der Waals surface area contributed by atoms with Gasteiger partial charge in [0.1, 0.15) is 0 Å². The van der Waals surface area contributed by atoms with Gasteiger partial charge in [-0.2, -0.15) is 0 Å². The second-order valence-electron chi connectivity index (χ2n) is 4.35. The quantitative estimate of drug-likeness (QED) is 0.584. The molecule has 0 heterocycles. The smallest absolute Gasteiger partial charge is 0.306 e. The monoisotopic (exact) mass is 265 g/mol. The van der Waals surface area contributed by atoms with Gasteiger partial charge in [-0.25, -0.2) is 13.1 Å². The van der Waals surface area contributed by atoms with Crippen molar-refractivity contribution in [1.29, 1.82) is 0 Å². The highest BCUT2D eigenvalue weighted by molar-refractivity contribution is 7.89. The molecule has 0 aliphatic heterocycles. The van der Waals surface area contributed by atoms with Crippen LogP contribution in [-0.4, -0.2) is 45.0 Å². The van der Waals surface area contributed by atoms with E-state index in [0.29, 0.717) is 0 Å². The van der Waals surface area contributed by atoms with Gasteiger partial charge < -0.3 is 9.84 Å². The van der Waals surface area contributed by atoms with Crippen molar-refractivity contribution in [2.75, 3.05) is 25.5 Å². The average Bonchev–Trinajstić information content (AvgIpc) is 3.06. The number of nitrogens with one attached hydrogen (secondary N) is 1. The first-order valence-corrected chi connectivity index (χ1v) is 7.32. The molecule has 1 aliphatic carbocycles. The number of ether oxygens (including phenoxy) is 1. The molecule has 0 saturated heterocycles. The van der Waals surface area contributed by atoms with Gasteiger partial charge in [0.2, 0.25) is 10.0 Å². The molecule has 6 nitrogen and oxygen atoms in total. The van der Waals surface area contributed by atoms with Crippen molar-refractivity contribution in [2.45, 2.75) is 26.2 Å². The molecule has 7 heteroatoms. The van der Waals surface area contributed by atoms with Crippen LogP contribution in [0.3, 0.4) is 0 Å². The van der Waals surface area contributed by atoms with E-state index in [0.717, 1.165) is 12.8 Å². The molecule has 100 valence electrons. The molecular formula is C10H19NO5S. The van der Waals surface area contributed by atoms with Gasteiger partial charge in [-0.3, -0.25) is 4.79 Å². The van der Waals surface area contributed by atoms with Gasteiger partial charge in [-0.1, -0.05) is 0 Å². The summed E-state index contributed by atoms with van der Waals surface area (Å²) >= 11 is 0. The lowest BCUT2D eigenvalue weighted by Crippen LogP contribution is -2.34. The van der Waals surface area contributed by atoms with Gasteiger partial charge in [0, 0.05) is 18.6 Å². The predicted octanol–water partition coefficient (Wildman–Crippen LogP) is -0.369. The first kappa shape index (κ1) is 14.4. The molecule has 0 radical (unpaired) electrons. The van der Waals surface area contributed by atoms with Crippen LogP contribution in [0.15, 0.2) is 0 Å². The Hall–Kier alpha value is -0.660. The number of hydrogen-bond donors (Lipinski definition) is 2. The summed E-state index contributed by atoms with van der Waals surface area (Å²) in [6.07, 6.45) is 1.53.